The molecule has 0 bridgehead atoms. The van der Waals surface area contributed by atoms with Crippen molar-refractivity contribution in [2.45, 2.75) is 26.0 Å². The standard InChI is InChI=1S/C28H31N5O4/c1-19-16-33(20(2)18-34)27(35)23-13-22(10-9-21-7-5-4-6-8-21)14-31-26(23)37-25(19)17-32(3)28(36)24-15-29-11-12-30-24/h4-15,19-20,25,34H,16-18H2,1-3H3/b10-9+/t19-,20+,25+/m1/s1. The summed E-state index contributed by atoms with van der Waals surface area (Å²) in [5.41, 5.74) is 2.33. The third kappa shape index (κ3) is 6.18. The second-order valence-corrected chi connectivity index (χ2v) is 9.26. The van der Waals surface area contributed by atoms with Gasteiger partial charge in [0.2, 0.25) is 5.88 Å². The predicted molar refractivity (Wildman–Crippen MR) is 140 cm³/mol. The van der Waals surface area contributed by atoms with Gasteiger partial charge in [0, 0.05) is 38.1 Å². The number of aliphatic hydroxyl groups excluding tert-OH is 1. The molecule has 2 amide bonds. The maximum atomic E-state index is 13.6. The Balaban J connectivity index is 1.64. The number of likely N-dealkylation sites (N-methyl/N-ethyl adjacent to an activating group) is 1. The SMILES string of the molecule is C[C@@H]1CN([C@@H](C)CO)C(=O)c2cc(/C=C/c3ccccc3)cnc2O[C@H]1CN(C)C(=O)c1cnccn1. The number of rotatable bonds is 7. The summed E-state index contributed by atoms with van der Waals surface area (Å²) in [6.07, 6.45) is 9.45. The molecule has 0 fully saturated rings. The first-order chi connectivity index (χ1) is 17.9. The van der Waals surface area contributed by atoms with Crippen LogP contribution in [0.1, 0.15) is 45.8 Å². The van der Waals surface area contributed by atoms with E-state index in [1.54, 1.807) is 31.1 Å². The van der Waals surface area contributed by atoms with Crippen LogP contribution in [0, 0.1) is 5.92 Å². The average Bonchev–Trinajstić information content (AvgIpc) is 2.94. The molecule has 4 rings (SSSR count). The molecule has 0 aliphatic carbocycles. The van der Waals surface area contributed by atoms with Crippen LogP contribution >= 0.6 is 0 Å². The van der Waals surface area contributed by atoms with Crippen molar-refractivity contribution in [1.29, 1.82) is 0 Å². The van der Waals surface area contributed by atoms with Gasteiger partial charge in [-0.1, -0.05) is 49.4 Å². The van der Waals surface area contributed by atoms with Crippen LogP contribution < -0.4 is 4.74 Å². The molecule has 9 heteroatoms. The maximum Gasteiger partial charge on any atom is 0.273 e. The summed E-state index contributed by atoms with van der Waals surface area (Å²) in [6.45, 7) is 4.19. The molecule has 2 aromatic heterocycles. The van der Waals surface area contributed by atoms with Gasteiger partial charge in [-0.25, -0.2) is 9.97 Å². The lowest BCUT2D eigenvalue weighted by Crippen LogP contribution is -2.50. The van der Waals surface area contributed by atoms with Gasteiger partial charge in [-0.05, 0) is 24.1 Å². The minimum Gasteiger partial charge on any atom is -0.472 e. The first kappa shape index (κ1) is 26.0. The summed E-state index contributed by atoms with van der Waals surface area (Å²) in [4.78, 5) is 42.2. The van der Waals surface area contributed by atoms with E-state index in [1.807, 2.05) is 49.4 Å². The summed E-state index contributed by atoms with van der Waals surface area (Å²) in [7, 11) is 1.68. The summed E-state index contributed by atoms with van der Waals surface area (Å²) in [5.74, 6) is -0.484. The second-order valence-electron chi connectivity index (χ2n) is 9.26. The van der Waals surface area contributed by atoms with Gasteiger partial charge in [0.25, 0.3) is 11.8 Å². The van der Waals surface area contributed by atoms with E-state index in [9.17, 15) is 14.7 Å². The molecule has 9 nitrogen and oxygen atoms in total. The van der Waals surface area contributed by atoms with Crippen molar-refractivity contribution in [3.05, 3.63) is 83.6 Å². The van der Waals surface area contributed by atoms with Crippen LogP contribution in [0.15, 0.2) is 61.2 Å². The van der Waals surface area contributed by atoms with Crippen LogP contribution in [0.2, 0.25) is 0 Å². The zero-order chi connectivity index (χ0) is 26.4. The van der Waals surface area contributed by atoms with Crippen LogP contribution in [0.25, 0.3) is 12.2 Å². The molecule has 0 radical (unpaired) electrons. The summed E-state index contributed by atoms with van der Waals surface area (Å²) in [6, 6.07) is 11.2. The highest BCUT2D eigenvalue weighted by Crippen LogP contribution is 2.28. The van der Waals surface area contributed by atoms with Crippen molar-refractivity contribution in [2.75, 3.05) is 26.7 Å². The quantitative estimate of drug-likeness (QED) is 0.530. The van der Waals surface area contributed by atoms with Crippen molar-refractivity contribution >= 4 is 24.0 Å². The molecule has 37 heavy (non-hydrogen) atoms. The molecule has 0 saturated carbocycles. The number of amides is 2. The van der Waals surface area contributed by atoms with E-state index in [0.717, 1.165) is 11.1 Å². The lowest BCUT2D eigenvalue weighted by atomic mass is 9.99. The Morgan fingerprint density at radius 1 is 1.19 bits per heavy atom. The van der Waals surface area contributed by atoms with Gasteiger partial charge in [0.05, 0.1) is 25.4 Å². The normalized spacial score (nSPS) is 18.5. The zero-order valence-corrected chi connectivity index (χ0v) is 21.2. The lowest BCUT2D eigenvalue weighted by Gasteiger charge is -2.37. The Morgan fingerprint density at radius 3 is 2.65 bits per heavy atom. The van der Waals surface area contributed by atoms with Crippen LogP contribution in [-0.2, 0) is 0 Å². The summed E-state index contributed by atoms with van der Waals surface area (Å²) < 4.78 is 6.28. The van der Waals surface area contributed by atoms with Gasteiger partial charge in [0.1, 0.15) is 17.4 Å². The number of fused-ring (bicyclic) bond motifs is 1. The molecular weight excluding hydrogens is 470 g/mol. The van der Waals surface area contributed by atoms with Crippen LogP contribution in [0.3, 0.4) is 0 Å². The number of aliphatic hydroxyl groups is 1. The van der Waals surface area contributed by atoms with E-state index in [-0.39, 0.29) is 42.5 Å². The summed E-state index contributed by atoms with van der Waals surface area (Å²) in [5, 5.41) is 9.86. The van der Waals surface area contributed by atoms with Crippen molar-refractivity contribution in [2.24, 2.45) is 5.92 Å². The highest BCUT2D eigenvalue weighted by molar-refractivity contribution is 5.97. The third-order valence-corrected chi connectivity index (χ3v) is 6.39. The number of nitrogens with zero attached hydrogens (tertiary/aromatic N) is 5. The zero-order valence-electron chi connectivity index (χ0n) is 21.2. The number of ether oxygens (including phenoxy) is 1. The maximum absolute atomic E-state index is 13.6. The Kier molecular flexibility index (Phi) is 8.25. The van der Waals surface area contributed by atoms with Gasteiger partial charge in [-0.2, -0.15) is 0 Å². The largest absolute Gasteiger partial charge is 0.472 e. The van der Waals surface area contributed by atoms with E-state index in [2.05, 4.69) is 15.0 Å². The number of aromatic nitrogens is 3. The number of pyridine rings is 1. The Bertz CT molecular complexity index is 1250. The lowest BCUT2D eigenvalue weighted by molar-refractivity contribution is 0.0312. The predicted octanol–water partition coefficient (Wildman–Crippen LogP) is 3.03. The number of carbonyl (C=O) groups excluding carboxylic acids is 2. The van der Waals surface area contributed by atoms with Gasteiger partial charge in [-0.3, -0.25) is 14.6 Å². The van der Waals surface area contributed by atoms with Crippen molar-refractivity contribution in [3.8, 4) is 5.88 Å². The molecule has 0 spiro atoms. The Morgan fingerprint density at radius 2 is 1.95 bits per heavy atom. The van der Waals surface area contributed by atoms with Crippen LogP contribution in [-0.4, -0.2) is 80.6 Å². The fourth-order valence-electron chi connectivity index (χ4n) is 4.14. The highest BCUT2D eigenvalue weighted by atomic mass is 16.5. The molecule has 3 heterocycles. The molecule has 3 atom stereocenters. The van der Waals surface area contributed by atoms with Gasteiger partial charge in [-0.15, -0.1) is 0 Å². The Hall–Kier alpha value is -4.11. The molecule has 1 aliphatic heterocycles. The van der Waals surface area contributed by atoms with E-state index in [1.165, 1.54) is 23.5 Å². The van der Waals surface area contributed by atoms with Gasteiger partial charge in [0.15, 0.2) is 0 Å². The first-order valence-corrected chi connectivity index (χ1v) is 12.2. The molecule has 1 aliphatic rings. The fourth-order valence-corrected chi connectivity index (χ4v) is 4.14. The minimum atomic E-state index is -0.455. The van der Waals surface area contributed by atoms with E-state index >= 15 is 0 Å². The van der Waals surface area contributed by atoms with Crippen molar-refractivity contribution in [3.63, 3.8) is 0 Å². The molecule has 192 valence electrons. The Labute approximate surface area is 216 Å². The molecule has 0 saturated heterocycles. The third-order valence-electron chi connectivity index (χ3n) is 6.39. The summed E-state index contributed by atoms with van der Waals surface area (Å²) >= 11 is 0. The van der Waals surface area contributed by atoms with E-state index in [0.29, 0.717) is 12.1 Å². The number of carbonyl (C=O) groups is 2. The van der Waals surface area contributed by atoms with Gasteiger partial charge < -0.3 is 19.6 Å². The smallest absolute Gasteiger partial charge is 0.273 e. The topological polar surface area (TPSA) is 109 Å². The minimum absolute atomic E-state index is 0.150. The van der Waals surface area contributed by atoms with Crippen LogP contribution in [0.4, 0.5) is 0 Å². The average molecular weight is 502 g/mol. The van der Waals surface area contributed by atoms with E-state index in [4.69, 9.17) is 4.74 Å². The molecule has 1 aromatic carbocycles. The molecule has 3 aromatic rings. The molecular formula is C28H31N5O4. The molecule has 0 unspecified atom stereocenters. The van der Waals surface area contributed by atoms with E-state index < -0.39 is 12.1 Å². The van der Waals surface area contributed by atoms with Crippen LogP contribution in [0.5, 0.6) is 5.88 Å². The fraction of sp³-hybridized carbons (Fsp3) is 0.321. The number of hydrogen-bond acceptors (Lipinski definition) is 7. The number of hydrogen-bond donors (Lipinski definition) is 1. The molecule has 1 N–H and O–H groups in total. The highest BCUT2D eigenvalue weighted by Gasteiger charge is 2.34. The van der Waals surface area contributed by atoms with Crippen molar-refractivity contribution < 1.29 is 19.4 Å². The first-order valence-electron chi connectivity index (χ1n) is 12.2. The van der Waals surface area contributed by atoms with Gasteiger partial charge >= 0.3 is 0 Å². The monoisotopic (exact) mass is 501 g/mol. The number of benzene rings is 1. The second kappa shape index (κ2) is 11.7. The van der Waals surface area contributed by atoms with Crippen molar-refractivity contribution in [1.82, 2.24) is 24.8 Å².